The zero-order chi connectivity index (χ0) is 16.2. The van der Waals surface area contributed by atoms with E-state index in [0.29, 0.717) is 35.9 Å². The molecule has 0 fully saturated rings. The number of nitrogens with zero attached hydrogens (tertiary/aromatic N) is 2. The monoisotopic (exact) mass is 313 g/mol. The van der Waals surface area contributed by atoms with Gasteiger partial charge in [0.05, 0.1) is 12.3 Å². The average molecular weight is 313 g/mol. The van der Waals surface area contributed by atoms with E-state index in [1.54, 1.807) is 37.6 Å². The summed E-state index contributed by atoms with van der Waals surface area (Å²) in [6.07, 6.45) is 1.60. The zero-order valence-corrected chi connectivity index (χ0v) is 12.6. The first kappa shape index (κ1) is 15.2. The molecule has 1 aromatic carbocycles. The van der Waals surface area contributed by atoms with Gasteiger partial charge in [0.2, 0.25) is 0 Å². The Balaban J connectivity index is 1.97. The summed E-state index contributed by atoms with van der Waals surface area (Å²) in [6.45, 7) is 0.809. The van der Waals surface area contributed by atoms with E-state index in [2.05, 4.69) is 9.97 Å². The van der Waals surface area contributed by atoms with Crippen LogP contribution in [0.25, 0.3) is 22.2 Å². The predicted octanol–water partition coefficient (Wildman–Crippen LogP) is 3.04. The number of nitrogen functional groups attached to an aromatic ring is 1. The molecule has 0 spiro atoms. The second-order valence-corrected chi connectivity index (χ2v) is 4.98. The number of halogens is 1. The molecule has 0 amide bonds. The van der Waals surface area contributed by atoms with E-state index in [9.17, 15) is 4.39 Å². The largest absolute Gasteiger partial charge is 0.491 e. The highest BCUT2D eigenvalue weighted by Crippen LogP contribution is 2.27. The third-order valence-corrected chi connectivity index (χ3v) is 3.35. The normalized spacial score (nSPS) is 10.9. The number of nitrogens with two attached hydrogens (primary N) is 1. The first-order chi connectivity index (χ1) is 11.2. The average Bonchev–Trinajstić information content (AvgIpc) is 2.55. The second-order valence-electron chi connectivity index (χ2n) is 4.98. The molecule has 6 heteroatoms. The molecule has 0 saturated heterocycles. The minimum absolute atomic E-state index is 0.289. The Labute approximate surface area is 132 Å². The van der Waals surface area contributed by atoms with E-state index < -0.39 is 5.82 Å². The second kappa shape index (κ2) is 6.58. The zero-order valence-electron chi connectivity index (χ0n) is 12.6. The first-order valence-electron chi connectivity index (χ1n) is 7.11. The number of hydrogen-bond acceptors (Lipinski definition) is 5. The Kier molecular flexibility index (Phi) is 4.34. The molecule has 0 aliphatic carbocycles. The van der Waals surface area contributed by atoms with Crippen LogP contribution < -0.4 is 10.5 Å². The number of ether oxygens (including phenoxy) is 2. The van der Waals surface area contributed by atoms with Gasteiger partial charge >= 0.3 is 0 Å². The van der Waals surface area contributed by atoms with E-state index in [1.807, 2.05) is 6.07 Å². The number of benzene rings is 1. The highest BCUT2D eigenvalue weighted by Gasteiger charge is 2.09. The number of methoxy groups -OCH3 is 1. The molecule has 0 unspecified atom stereocenters. The van der Waals surface area contributed by atoms with Gasteiger partial charge in [0.1, 0.15) is 23.7 Å². The van der Waals surface area contributed by atoms with Crippen molar-refractivity contribution in [1.82, 2.24) is 9.97 Å². The standard InChI is InChI=1S/C17H16FN3O2/c1-22-6-7-23-13-8-12-2-3-15(21-17(12)14(18)10-13)11-4-5-20-16(19)9-11/h2-5,8-10H,6-7H2,1H3,(H2,19,20). The Hall–Kier alpha value is -2.73. The maximum atomic E-state index is 14.3. The number of anilines is 1. The van der Waals surface area contributed by atoms with Crippen molar-refractivity contribution >= 4 is 16.7 Å². The van der Waals surface area contributed by atoms with Gasteiger partial charge in [-0.05, 0) is 24.3 Å². The van der Waals surface area contributed by atoms with Crippen molar-refractivity contribution < 1.29 is 13.9 Å². The highest BCUT2D eigenvalue weighted by atomic mass is 19.1. The summed E-state index contributed by atoms with van der Waals surface area (Å²) in [5, 5.41) is 0.670. The predicted molar refractivity (Wildman–Crippen MR) is 86.7 cm³/mol. The molecule has 5 nitrogen and oxygen atoms in total. The lowest BCUT2D eigenvalue weighted by Gasteiger charge is -2.09. The smallest absolute Gasteiger partial charge is 0.153 e. The summed E-state index contributed by atoms with van der Waals surface area (Å²) in [5.41, 5.74) is 7.39. The van der Waals surface area contributed by atoms with Gasteiger partial charge in [0, 0.05) is 30.3 Å². The molecule has 0 saturated carbocycles. The summed E-state index contributed by atoms with van der Waals surface area (Å²) in [7, 11) is 1.58. The fourth-order valence-electron chi connectivity index (χ4n) is 2.26. The Bertz CT molecular complexity index is 839. The van der Waals surface area contributed by atoms with Gasteiger partial charge in [0.25, 0.3) is 0 Å². The maximum Gasteiger partial charge on any atom is 0.153 e. The number of pyridine rings is 2. The van der Waals surface area contributed by atoms with Crippen molar-refractivity contribution in [3.63, 3.8) is 0 Å². The minimum atomic E-state index is -0.432. The third kappa shape index (κ3) is 3.37. The molecule has 3 aromatic rings. The van der Waals surface area contributed by atoms with Crippen molar-refractivity contribution in [2.24, 2.45) is 0 Å². The highest BCUT2D eigenvalue weighted by molar-refractivity contribution is 5.83. The van der Waals surface area contributed by atoms with Crippen LogP contribution in [0.1, 0.15) is 0 Å². The van der Waals surface area contributed by atoms with Crippen LogP contribution in [0.3, 0.4) is 0 Å². The quantitative estimate of drug-likeness (QED) is 0.733. The number of hydrogen-bond donors (Lipinski definition) is 1. The fraction of sp³-hybridized carbons (Fsp3) is 0.176. The minimum Gasteiger partial charge on any atom is -0.491 e. The van der Waals surface area contributed by atoms with Crippen molar-refractivity contribution in [2.75, 3.05) is 26.1 Å². The van der Waals surface area contributed by atoms with Crippen LogP contribution >= 0.6 is 0 Å². The van der Waals surface area contributed by atoms with Gasteiger partial charge in [-0.1, -0.05) is 6.07 Å². The van der Waals surface area contributed by atoms with Gasteiger partial charge in [-0.25, -0.2) is 14.4 Å². The van der Waals surface area contributed by atoms with Gasteiger partial charge in [-0.2, -0.15) is 0 Å². The number of rotatable bonds is 5. The maximum absolute atomic E-state index is 14.3. The SMILES string of the molecule is COCCOc1cc(F)c2nc(-c3ccnc(N)c3)ccc2c1. The lowest BCUT2D eigenvalue weighted by atomic mass is 10.1. The topological polar surface area (TPSA) is 70.3 Å². The third-order valence-electron chi connectivity index (χ3n) is 3.35. The molecule has 0 bridgehead atoms. The van der Waals surface area contributed by atoms with Gasteiger partial charge in [-0.3, -0.25) is 0 Å². The van der Waals surface area contributed by atoms with Gasteiger partial charge in [0.15, 0.2) is 5.82 Å². The van der Waals surface area contributed by atoms with Crippen LogP contribution in [0.4, 0.5) is 10.2 Å². The molecule has 2 heterocycles. The van der Waals surface area contributed by atoms with E-state index in [4.69, 9.17) is 15.2 Å². The summed E-state index contributed by atoms with van der Waals surface area (Å²) in [6, 6.07) is 10.2. The van der Waals surface area contributed by atoms with Crippen LogP contribution in [0.2, 0.25) is 0 Å². The molecule has 118 valence electrons. The number of fused-ring (bicyclic) bond motifs is 1. The van der Waals surface area contributed by atoms with Crippen LogP contribution in [-0.4, -0.2) is 30.3 Å². The molecule has 23 heavy (non-hydrogen) atoms. The molecular formula is C17H16FN3O2. The molecular weight excluding hydrogens is 297 g/mol. The summed E-state index contributed by atoms with van der Waals surface area (Å²) >= 11 is 0. The Morgan fingerprint density at radius 1 is 1.13 bits per heavy atom. The lowest BCUT2D eigenvalue weighted by Crippen LogP contribution is -2.04. The van der Waals surface area contributed by atoms with E-state index >= 15 is 0 Å². The lowest BCUT2D eigenvalue weighted by molar-refractivity contribution is 0.146. The molecule has 0 radical (unpaired) electrons. The Morgan fingerprint density at radius 2 is 2.00 bits per heavy atom. The van der Waals surface area contributed by atoms with E-state index in [0.717, 1.165) is 5.56 Å². The first-order valence-corrected chi connectivity index (χ1v) is 7.11. The molecule has 0 atom stereocenters. The van der Waals surface area contributed by atoms with Crippen molar-refractivity contribution in [2.45, 2.75) is 0 Å². The van der Waals surface area contributed by atoms with Crippen LogP contribution in [0, 0.1) is 5.82 Å². The van der Waals surface area contributed by atoms with Gasteiger partial charge in [-0.15, -0.1) is 0 Å². The Morgan fingerprint density at radius 3 is 2.78 bits per heavy atom. The molecule has 0 aliphatic rings. The summed E-state index contributed by atoms with van der Waals surface area (Å²) < 4.78 is 24.7. The van der Waals surface area contributed by atoms with Crippen LogP contribution in [0.15, 0.2) is 42.6 Å². The number of aromatic nitrogens is 2. The van der Waals surface area contributed by atoms with Crippen LogP contribution in [-0.2, 0) is 4.74 Å². The fourth-order valence-corrected chi connectivity index (χ4v) is 2.26. The summed E-state index contributed by atoms with van der Waals surface area (Å²) in [4.78, 5) is 8.33. The van der Waals surface area contributed by atoms with Crippen molar-refractivity contribution in [1.29, 1.82) is 0 Å². The van der Waals surface area contributed by atoms with Crippen molar-refractivity contribution in [3.8, 4) is 17.0 Å². The summed E-state index contributed by atoms with van der Waals surface area (Å²) in [5.74, 6) is 0.417. The molecule has 2 N–H and O–H groups in total. The molecule has 0 aliphatic heterocycles. The van der Waals surface area contributed by atoms with E-state index in [1.165, 1.54) is 6.07 Å². The van der Waals surface area contributed by atoms with Crippen LogP contribution in [0.5, 0.6) is 5.75 Å². The van der Waals surface area contributed by atoms with E-state index in [-0.39, 0.29) is 5.52 Å². The van der Waals surface area contributed by atoms with Crippen molar-refractivity contribution in [3.05, 3.63) is 48.4 Å². The molecule has 3 rings (SSSR count). The molecule has 2 aromatic heterocycles. The van der Waals surface area contributed by atoms with Gasteiger partial charge < -0.3 is 15.2 Å².